The monoisotopic (exact) mass is 170 g/mol. The van der Waals surface area contributed by atoms with E-state index in [0.29, 0.717) is 12.0 Å². The molecule has 0 amide bonds. The number of H-pyrrole nitrogens is 1. The molecule has 1 N–H and O–H groups in total. The van der Waals surface area contributed by atoms with Gasteiger partial charge in [0.2, 0.25) is 5.89 Å². The van der Waals surface area contributed by atoms with E-state index in [2.05, 4.69) is 10.2 Å². The van der Waals surface area contributed by atoms with E-state index in [9.17, 15) is 4.79 Å². The van der Waals surface area contributed by atoms with E-state index in [1.54, 1.807) is 7.11 Å². The van der Waals surface area contributed by atoms with Gasteiger partial charge >= 0.3 is 5.76 Å². The molecule has 0 aliphatic heterocycles. The summed E-state index contributed by atoms with van der Waals surface area (Å²) in [4.78, 5) is 10.6. The summed E-state index contributed by atoms with van der Waals surface area (Å²) in [6.45, 7) is 0. The minimum atomic E-state index is -0.481. The molecular weight excluding hydrogens is 160 g/mol. The van der Waals surface area contributed by atoms with E-state index in [1.807, 2.05) is 0 Å². The second kappa shape index (κ2) is 2.75. The van der Waals surface area contributed by atoms with Crippen LogP contribution in [-0.4, -0.2) is 23.4 Å². The lowest BCUT2D eigenvalue weighted by atomic mass is 9.82. The number of hydrogen-bond acceptors (Lipinski definition) is 4. The van der Waals surface area contributed by atoms with Gasteiger partial charge < -0.3 is 9.15 Å². The Labute approximate surface area is 68.7 Å². The number of aromatic amines is 1. The Hall–Kier alpha value is -1.10. The molecule has 1 aliphatic carbocycles. The third-order valence-corrected chi connectivity index (χ3v) is 2.23. The summed E-state index contributed by atoms with van der Waals surface area (Å²) in [6, 6.07) is 0. The Morgan fingerprint density at radius 1 is 1.67 bits per heavy atom. The lowest BCUT2D eigenvalue weighted by Gasteiger charge is -2.31. The summed E-state index contributed by atoms with van der Waals surface area (Å²) in [5, 5.41) is 5.98. The fraction of sp³-hybridized carbons (Fsp3) is 0.714. The minimum absolute atomic E-state index is 0.258. The molecule has 0 bridgehead atoms. The van der Waals surface area contributed by atoms with E-state index < -0.39 is 5.76 Å². The number of methoxy groups -OCH3 is 1. The zero-order valence-corrected chi connectivity index (χ0v) is 6.74. The summed E-state index contributed by atoms with van der Waals surface area (Å²) in [7, 11) is 1.68. The van der Waals surface area contributed by atoms with Crippen LogP contribution in [0, 0.1) is 0 Å². The molecular formula is C7H10N2O3. The summed E-state index contributed by atoms with van der Waals surface area (Å²) in [6.07, 6.45) is 2.09. The molecule has 5 heteroatoms. The maximum atomic E-state index is 10.6. The van der Waals surface area contributed by atoms with Crippen LogP contribution in [0.4, 0.5) is 0 Å². The third-order valence-electron chi connectivity index (χ3n) is 2.23. The molecule has 0 radical (unpaired) electrons. The van der Waals surface area contributed by atoms with E-state index in [1.165, 1.54) is 0 Å². The molecule has 12 heavy (non-hydrogen) atoms. The molecule has 0 saturated heterocycles. The third kappa shape index (κ3) is 1.16. The molecule has 1 saturated carbocycles. The average Bonchev–Trinajstić information content (AvgIpc) is 2.34. The molecule has 1 heterocycles. The van der Waals surface area contributed by atoms with Gasteiger partial charge in [-0.2, -0.15) is 0 Å². The highest BCUT2D eigenvalue weighted by atomic mass is 16.5. The van der Waals surface area contributed by atoms with Crippen molar-refractivity contribution in [2.24, 2.45) is 0 Å². The van der Waals surface area contributed by atoms with Crippen LogP contribution in [0.1, 0.15) is 24.7 Å². The van der Waals surface area contributed by atoms with E-state index in [-0.39, 0.29) is 5.92 Å². The SMILES string of the molecule is COC1CC(c2n[nH]c(=O)o2)C1. The molecule has 66 valence electrons. The van der Waals surface area contributed by atoms with Crippen LogP contribution in [0.15, 0.2) is 9.21 Å². The van der Waals surface area contributed by atoms with Crippen LogP contribution in [-0.2, 0) is 4.74 Å². The molecule has 5 nitrogen and oxygen atoms in total. The lowest BCUT2D eigenvalue weighted by molar-refractivity contribution is 0.0188. The highest BCUT2D eigenvalue weighted by Crippen LogP contribution is 2.36. The summed E-state index contributed by atoms with van der Waals surface area (Å²) < 4.78 is 9.89. The van der Waals surface area contributed by atoms with Gasteiger partial charge in [-0.25, -0.2) is 9.89 Å². The second-order valence-corrected chi connectivity index (χ2v) is 2.98. The first-order valence-electron chi connectivity index (χ1n) is 3.88. The standard InChI is InChI=1S/C7H10N2O3/c1-11-5-2-4(3-5)6-8-9-7(10)12-6/h4-5H,2-3H2,1H3,(H,9,10). The van der Waals surface area contributed by atoms with Crippen molar-refractivity contribution in [2.75, 3.05) is 7.11 Å². The van der Waals surface area contributed by atoms with Gasteiger partial charge in [-0.05, 0) is 12.8 Å². The molecule has 1 aromatic heterocycles. The molecule has 1 fully saturated rings. The minimum Gasteiger partial charge on any atom is -0.392 e. The predicted octanol–water partition coefficient (Wildman–Crippen LogP) is 0.255. The van der Waals surface area contributed by atoms with Crippen molar-refractivity contribution in [1.82, 2.24) is 10.2 Å². The Bertz CT molecular complexity index is 310. The largest absolute Gasteiger partial charge is 0.434 e. The van der Waals surface area contributed by atoms with E-state index in [0.717, 1.165) is 12.8 Å². The number of ether oxygens (including phenoxy) is 1. The van der Waals surface area contributed by atoms with Crippen molar-refractivity contribution >= 4 is 0 Å². The second-order valence-electron chi connectivity index (χ2n) is 2.98. The fourth-order valence-electron chi connectivity index (χ4n) is 1.38. The lowest BCUT2D eigenvalue weighted by Crippen LogP contribution is -2.28. The Kier molecular flexibility index (Phi) is 1.73. The molecule has 1 aliphatic rings. The van der Waals surface area contributed by atoms with Gasteiger partial charge in [0.05, 0.1) is 6.10 Å². The van der Waals surface area contributed by atoms with Crippen molar-refractivity contribution in [3.8, 4) is 0 Å². The maximum absolute atomic E-state index is 10.6. The van der Waals surface area contributed by atoms with Gasteiger partial charge in [-0.15, -0.1) is 5.10 Å². The van der Waals surface area contributed by atoms with Gasteiger partial charge in [-0.3, -0.25) is 0 Å². The first-order valence-corrected chi connectivity index (χ1v) is 3.88. The topological polar surface area (TPSA) is 68.1 Å². The number of aromatic nitrogens is 2. The van der Waals surface area contributed by atoms with Gasteiger partial charge in [0.1, 0.15) is 0 Å². The van der Waals surface area contributed by atoms with Crippen LogP contribution < -0.4 is 5.76 Å². The Balaban J connectivity index is 2.01. The highest BCUT2D eigenvalue weighted by molar-refractivity contribution is 4.98. The van der Waals surface area contributed by atoms with E-state index >= 15 is 0 Å². The van der Waals surface area contributed by atoms with Gasteiger partial charge in [-0.1, -0.05) is 0 Å². The van der Waals surface area contributed by atoms with Crippen LogP contribution in [0.3, 0.4) is 0 Å². The molecule has 2 rings (SSSR count). The molecule has 0 spiro atoms. The fourth-order valence-corrected chi connectivity index (χ4v) is 1.38. The summed E-state index contributed by atoms with van der Waals surface area (Å²) in [5.41, 5.74) is 0. The van der Waals surface area contributed by atoms with E-state index in [4.69, 9.17) is 9.15 Å². The predicted molar refractivity (Wildman–Crippen MR) is 39.9 cm³/mol. The molecule has 0 atom stereocenters. The zero-order valence-electron chi connectivity index (χ0n) is 6.74. The first-order chi connectivity index (χ1) is 5.79. The number of nitrogens with zero attached hydrogens (tertiary/aromatic N) is 1. The van der Waals surface area contributed by atoms with Crippen molar-refractivity contribution in [3.63, 3.8) is 0 Å². The van der Waals surface area contributed by atoms with Crippen molar-refractivity contribution < 1.29 is 9.15 Å². The Morgan fingerprint density at radius 2 is 2.42 bits per heavy atom. The molecule has 1 aromatic rings. The van der Waals surface area contributed by atoms with Crippen LogP contribution in [0.5, 0.6) is 0 Å². The summed E-state index contributed by atoms with van der Waals surface area (Å²) in [5.74, 6) is 0.285. The molecule has 0 unspecified atom stereocenters. The van der Waals surface area contributed by atoms with Crippen molar-refractivity contribution in [2.45, 2.75) is 24.9 Å². The number of hydrogen-bond donors (Lipinski definition) is 1. The van der Waals surface area contributed by atoms with Gasteiger partial charge in [0, 0.05) is 13.0 Å². The Morgan fingerprint density at radius 3 is 2.92 bits per heavy atom. The smallest absolute Gasteiger partial charge is 0.392 e. The number of rotatable bonds is 2. The quantitative estimate of drug-likeness (QED) is 0.691. The molecule has 0 aromatic carbocycles. The van der Waals surface area contributed by atoms with Gasteiger partial charge in [0.15, 0.2) is 0 Å². The summed E-state index contributed by atoms with van der Waals surface area (Å²) >= 11 is 0. The van der Waals surface area contributed by atoms with Crippen molar-refractivity contribution in [1.29, 1.82) is 0 Å². The normalized spacial score (nSPS) is 28.4. The highest BCUT2D eigenvalue weighted by Gasteiger charge is 2.33. The first kappa shape index (κ1) is 7.54. The van der Waals surface area contributed by atoms with Crippen LogP contribution >= 0.6 is 0 Å². The zero-order chi connectivity index (χ0) is 8.55. The maximum Gasteiger partial charge on any atom is 0.434 e. The van der Waals surface area contributed by atoms with Crippen LogP contribution in [0.25, 0.3) is 0 Å². The van der Waals surface area contributed by atoms with Gasteiger partial charge in [0.25, 0.3) is 0 Å². The number of nitrogens with one attached hydrogen (secondary N) is 1. The van der Waals surface area contributed by atoms with Crippen LogP contribution in [0.2, 0.25) is 0 Å². The average molecular weight is 170 g/mol. The van der Waals surface area contributed by atoms with Crippen molar-refractivity contribution in [3.05, 3.63) is 16.4 Å².